The van der Waals surface area contributed by atoms with Crippen LogP contribution in [0.2, 0.25) is 16.6 Å². The Morgan fingerprint density at radius 2 is 1.78 bits per heavy atom. The van der Waals surface area contributed by atoms with E-state index in [4.69, 9.17) is 4.74 Å². The summed E-state index contributed by atoms with van der Waals surface area (Å²) in [4.78, 5) is 15.1. The fraction of sp³-hybridized carbons (Fsp3) is 0.472. The van der Waals surface area contributed by atoms with Crippen LogP contribution in [0.25, 0.3) is 32.9 Å². The fourth-order valence-electron chi connectivity index (χ4n) is 8.17. The van der Waals surface area contributed by atoms with Gasteiger partial charge in [-0.2, -0.15) is 9.97 Å². The zero-order chi connectivity index (χ0) is 32.1. The Kier molecular flexibility index (Phi) is 8.34. The molecule has 0 unspecified atom stereocenters. The van der Waals surface area contributed by atoms with Crippen molar-refractivity contribution in [3.63, 3.8) is 0 Å². The molecule has 4 heterocycles. The Labute approximate surface area is 265 Å². The van der Waals surface area contributed by atoms with Crippen molar-refractivity contribution in [3.8, 4) is 34.6 Å². The van der Waals surface area contributed by atoms with Gasteiger partial charge in [0.05, 0.1) is 10.9 Å². The normalized spacial score (nSPS) is 20.4. The Morgan fingerprint density at radius 1 is 1.07 bits per heavy atom. The number of fused-ring (bicyclic) bond motifs is 3. The maximum absolute atomic E-state index is 16.5. The second-order valence-electron chi connectivity index (χ2n) is 13.7. The van der Waals surface area contributed by atoms with Crippen LogP contribution in [0, 0.1) is 17.3 Å². The van der Waals surface area contributed by atoms with Gasteiger partial charge in [-0.25, -0.2) is 8.78 Å². The van der Waals surface area contributed by atoms with Crippen LogP contribution in [0.15, 0.2) is 42.6 Å². The van der Waals surface area contributed by atoms with Crippen molar-refractivity contribution < 1.29 is 18.6 Å². The number of pyridine rings is 1. The van der Waals surface area contributed by atoms with Gasteiger partial charge in [-0.3, -0.25) is 9.88 Å². The lowest BCUT2D eigenvalue weighted by atomic mass is 9.95. The molecule has 45 heavy (non-hydrogen) atoms. The average Bonchev–Trinajstić information content (AvgIpc) is 3.52. The van der Waals surface area contributed by atoms with Crippen molar-refractivity contribution in [1.29, 1.82) is 0 Å². The molecule has 0 bridgehead atoms. The highest BCUT2D eigenvalue weighted by atomic mass is 28.3. The van der Waals surface area contributed by atoms with Gasteiger partial charge in [0.2, 0.25) is 5.88 Å². The van der Waals surface area contributed by atoms with Crippen LogP contribution in [0.4, 0.5) is 8.78 Å². The first-order valence-corrected chi connectivity index (χ1v) is 18.3. The molecule has 236 valence electrons. The lowest BCUT2D eigenvalue weighted by Gasteiger charge is -2.38. The molecule has 6 rings (SSSR count). The third-order valence-electron chi connectivity index (χ3n) is 10.3. The standard InChI is InChI=1S/C36H42F2N4O2Si/c1-22(2)45(23(3)4,24(5)6)17-14-26-11-7-10-25-12-8-13-28(30(25)26)32-31(38)33-29(19-39-32)34(43)41-35(40-33)44-21-36-15-9-16-42(36)20-27(37)18-36/h7-8,10-13,19,22-24,27H,9,15-16,18,20-21H2,1-6H3,(H,40,41,43)/t27-,36+/m1/s1. The number of rotatable bonds is 7. The minimum atomic E-state index is -2.02. The van der Waals surface area contributed by atoms with Gasteiger partial charge in [-0.1, -0.05) is 77.8 Å². The van der Waals surface area contributed by atoms with Crippen molar-refractivity contribution in [1.82, 2.24) is 19.9 Å². The van der Waals surface area contributed by atoms with Crippen LogP contribution in [0.5, 0.6) is 11.9 Å². The van der Waals surface area contributed by atoms with Crippen LogP contribution in [0.1, 0.15) is 66.4 Å². The molecule has 2 aliphatic heterocycles. The van der Waals surface area contributed by atoms with Crippen molar-refractivity contribution in [2.45, 2.75) is 89.1 Å². The molecule has 4 aromatic rings. The van der Waals surface area contributed by atoms with Gasteiger partial charge in [-0.15, -0.1) is 5.54 Å². The van der Waals surface area contributed by atoms with E-state index in [9.17, 15) is 9.50 Å². The third-order valence-corrected chi connectivity index (χ3v) is 16.6. The zero-order valence-electron chi connectivity index (χ0n) is 27.0. The Balaban J connectivity index is 1.43. The molecule has 2 aromatic carbocycles. The number of aromatic nitrogens is 3. The number of ether oxygens (including phenoxy) is 1. The van der Waals surface area contributed by atoms with Gasteiger partial charge < -0.3 is 9.84 Å². The Bertz CT molecular complexity index is 1790. The second kappa shape index (κ2) is 12.0. The molecule has 0 aliphatic carbocycles. The number of nitrogens with zero attached hydrogens (tertiary/aromatic N) is 4. The number of aromatic hydroxyl groups is 1. The van der Waals surface area contributed by atoms with Gasteiger partial charge in [-0.05, 0) is 47.5 Å². The van der Waals surface area contributed by atoms with Gasteiger partial charge in [0, 0.05) is 35.7 Å². The summed E-state index contributed by atoms with van der Waals surface area (Å²) in [5, 5.41) is 12.6. The summed E-state index contributed by atoms with van der Waals surface area (Å²) in [6.07, 6.45) is 2.67. The monoisotopic (exact) mass is 628 g/mol. The molecule has 0 saturated carbocycles. The summed E-state index contributed by atoms with van der Waals surface area (Å²) in [6, 6.07) is 11.6. The van der Waals surface area contributed by atoms with E-state index in [1.165, 1.54) is 6.20 Å². The number of hydrogen-bond acceptors (Lipinski definition) is 6. The van der Waals surface area contributed by atoms with E-state index >= 15 is 4.39 Å². The van der Waals surface area contributed by atoms with Crippen LogP contribution >= 0.6 is 0 Å². The molecule has 2 saturated heterocycles. The first kappa shape index (κ1) is 31.4. The average molecular weight is 629 g/mol. The number of benzene rings is 2. The summed E-state index contributed by atoms with van der Waals surface area (Å²) in [5.74, 6) is 2.48. The van der Waals surface area contributed by atoms with Crippen molar-refractivity contribution >= 4 is 29.7 Å². The van der Waals surface area contributed by atoms with Gasteiger partial charge >= 0.3 is 6.01 Å². The fourth-order valence-corrected chi connectivity index (χ4v) is 13.4. The lowest BCUT2D eigenvalue weighted by Crippen LogP contribution is -2.43. The van der Waals surface area contributed by atoms with Gasteiger partial charge in [0.15, 0.2) is 5.82 Å². The molecule has 0 radical (unpaired) electrons. The molecule has 2 fully saturated rings. The lowest BCUT2D eigenvalue weighted by molar-refractivity contribution is 0.107. The quantitative estimate of drug-likeness (QED) is 0.164. The first-order valence-electron chi connectivity index (χ1n) is 16.1. The molecular weight excluding hydrogens is 587 g/mol. The molecular formula is C36H42F2N4O2Si. The van der Waals surface area contributed by atoms with E-state index in [1.54, 1.807) is 0 Å². The molecule has 0 spiro atoms. The predicted octanol–water partition coefficient (Wildman–Crippen LogP) is 8.21. The third kappa shape index (κ3) is 5.36. The van der Waals surface area contributed by atoms with E-state index in [0.29, 0.717) is 35.2 Å². The van der Waals surface area contributed by atoms with E-state index in [1.807, 2.05) is 36.4 Å². The largest absolute Gasteiger partial charge is 0.493 e. The van der Waals surface area contributed by atoms with Crippen molar-refractivity contribution in [2.24, 2.45) is 0 Å². The van der Waals surface area contributed by atoms with E-state index < -0.39 is 31.5 Å². The van der Waals surface area contributed by atoms with Crippen molar-refractivity contribution in [2.75, 3.05) is 19.7 Å². The summed E-state index contributed by atoms with van der Waals surface area (Å²) >= 11 is 0. The maximum Gasteiger partial charge on any atom is 0.320 e. The minimum absolute atomic E-state index is 0.0792. The molecule has 1 N–H and O–H groups in total. The van der Waals surface area contributed by atoms with Crippen molar-refractivity contribution in [3.05, 3.63) is 54.0 Å². The highest BCUT2D eigenvalue weighted by molar-refractivity contribution is 6.90. The number of hydrogen-bond donors (Lipinski definition) is 1. The molecule has 2 aliphatic rings. The number of alkyl halides is 1. The molecule has 9 heteroatoms. The Morgan fingerprint density at radius 3 is 2.49 bits per heavy atom. The Hall–Kier alpha value is -3.61. The van der Waals surface area contributed by atoms with E-state index in [-0.39, 0.29) is 29.2 Å². The molecule has 2 atom stereocenters. The zero-order valence-corrected chi connectivity index (χ0v) is 28.0. The summed E-state index contributed by atoms with van der Waals surface area (Å²) in [6.45, 7) is 15.1. The maximum atomic E-state index is 16.5. The minimum Gasteiger partial charge on any atom is -0.493 e. The summed E-state index contributed by atoms with van der Waals surface area (Å²) in [5.41, 5.74) is 6.29. The van der Waals surface area contributed by atoms with Crippen LogP contribution in [-0.4, -0.2) is 64.4 Å². The van der Waals surface area contributed by atoms with Crippen LogP contribution in [-0.2, 0) is 0 Å². The highest BCUT2D eigenvalue weighted by Crippen LogP contribution is 2.42. The molecule has 0 amide bonds. The first-order chi connectivity index (χ1) is 21.5. The smallest absolute Gasteiger partial charge is 0.320 e. The SMILES string of the molecule is CC(C)[Si](C#Cc1cccc2cccc(-c3ncc4c(O)nc(OC[C@@]56CCCN5C[C@H](F)C6)nc4c3F)c12)(C(C)C)C(C)C. The molecule has 6 nitrogen and oxygen atoms in total. The van der Waals surface area contributed by atoms with Gasteiger partial charge in [0.1, 0.15) is 32.1 Å². The van der Waals surface area contributed by atoms with Crippen LogP contribution < -0.4 is 4.74 Å². The second-order valence-corrected chi connectivity index (χ2v) is 19.3. The van der Waals surface area contributed by atoms with E-state index in [0.717, 1.165) is 35.7 Å². The predicted molar refractivity (Wildman–Crippen MR) is 178 cm³/mol. The van der Waals surface area contributed by atoms with E-state index in [2.05, 4.69) is 72.9 Å². The summed E-state index contributed by atoms with van der Waals surface area (Å²) in [7, 11) is -2.02. The highest BCUT2D eigenvalue weighted by Gasteiger charge is 2.49. The molecule has 2 aromatic heterocycles. The number of halogens is 2. The van der Waals surface area contributed by atoms with Crippen LogP contribution in [0.3, 0.4) is 0 Å². The topological polar surface area (TPSA) is 71.4 Å². The summed E-state index contributed by atoms with van der Waals surface area (Å²) < 4.78 is 36.7. The van der Waals surface area contributed by atoms with Gasteiger partial charge in [0.25, 0.3) is 0 Å².